The van der Waals surface area contributed by atoms with Gasteiger partial charge >= 0.3 is 0 Å². The van der Waals surface area contributed by atoms with Gasteiger partial charge in [0.05, 0.1) is 10.9 Å². The van der Waals surface area contributed by atoms with E-state index in [0.29, 0.717) is 30.8 Å². The van der Waals surface area contributed by atoms with Gasteiger partial charge in [-0.05, 0) is 63.0 Å². The van der Waals surface area contributed by atoms with Crippen LogP contribution in [0.3, 0.4) is 0 Å². The molecule has 6 nitrogen and oxygen atoms in total. The second-order valence-corrected chi connectivity index (χ2v) is 10.5. The van der Waals surface area contributed by atoms with Gasteiger partial charge in [0, 0.05) is 30.1 Å². The summed E-state index contributed by atoms with van der Waals surface area (Å²) in [5.41, 5.74) is 1.03. The van der Waals surface area contributed by atoms with Crippen molar-refractivity contribution in [3.8, 4) is 0 Å². The largest absolute Gasteiger partial charge is 0.350 e. The van der Waals surface area contributed by atoms with E-state index in [4.69, 9.17) is 0 Å². The molecule has 1 amide bonds. The summed E-state index contributed by atoms with van der Waals surface area (Å²) in [7, 11) is 0.374. The molecule has 1 aromatic heterocycles. The van der Waals surface area contributed by atoms with Gasteiger partial charge in [0.15, 0.2) is 0 Å². The van der Waals surface area contributed by atoms with E-state index in [9.17, 15) is 13.2 Å². The lowest BCUT2D eigenvalue weighted by Gasteiger charge is -2.27. The van der Waals surface area contributed by atoms with Crippen molar-refractivity contribution in [2.24, 2.45) is 0 Å². The van der Waals surface area contributed by atoms with E-state index in [1.165, 1.54) is 10.9 Å². The number of hydrogen-bond acceptors (Lipinski definition) is 5. The molecule has 1 fully saturated rings. The van der Waals surface area contributed by atoms with Gasteiger partial charge in [-0.2, -0.15) is 4.31 Å². The number of benzene rings is 1. The zero-order chi connectivity index (χ0) is 21.0. The van der Waals surface area contributed by atoms with Gasteiger partial charge in [-0.3, -0.25) is 4.79 Å². The number of sulfonamides is 1. The number of hydrogen-bond donors (Lipinski definition) is 1. The minimum absolute atomic E-state index is 0.0703. The Morgan fingerprint density at radius 3 is 2.55 bits per heavy atom. The highest BCUT2D eigenvalue weighted by Gasteiger charge is 2.28. The van der Waals surface area contributed by atoms with E-state index in [1.54, 1.807) is 34.7 Å². The van der Waals surface area contributed by atoms with E-state index in [1.807, 2.05) is 25.5 Å². The minimum Gasteiger partial charge on any atom is -0.350 e. The Labute approximate surface area is 177 Å². The fourth-order valence-corrected chi connectivity index (χ4v) is 6.26. The van der Waals surface area contributed by atoms with Crippen LogP contribution in [0.15, 0.2) is 40.6 Å². The summed E-state index contributed by atoms with van der Waals surface area (Å²) in [6, 6.07) is 9.04. The Morgan fingerprint density at radius 2 is 1.93 bits per heavy atom. The highest BCUT2D eigenvalue weighted by molar-refractivity contribution is 7.89. The van der Waals surface area contributed by atoms with Crippen LogP contribution in [-0.2, 0) is 10.0 Å². The predicted octanol–water partition coefficient (Wildman–Crippen LogP) is 3.26. The molecule has 2 aromatic rings. The molecule has 1 aromatic carbocycles. The SMILES string of the molecule is Cc1ccc(C(=O)NCC(c2cccs2)N(C)C)cc1S(=O)(=O)N1CCCCC1. The number of likely N-dealkylation sites (N-methyl/N-ethyl adjacent to an activating group) is 1. The first-order chi connectivity index (χ1) is 13.8. The summed E-state index contributed by atoms with van der Waals surface area (Å²) in [6.45, 7) is 3.32. The van der Waals surface area contributed by atoms with E-state index in [2.05, 4.69) is 16.3 Å². The first-order valence-corrected chi connectivity index (χ1v) is 12.2. The first kappa shape index (κ1) is 22.0. The molecular formula is C21H29N3O3S2. The second kappa shape index (κ2) is 9.38. The third-order valence-corrected chi connectivity index (χ3v) is 8.35. The summed E-state index contributed by atoms with van der Waals surface area (Å²) in [5.74, 6) is -0.261. The number of amides is 1. The molecule has 29 heavy (non-hydrogen) atoms. The van der Waals surface area contributed by atoms with Crippen LogP contribution < -0.4 is 5.32 Å². The first-order valence-electron chi connectivity index (χ1n) is 9.89. The third kappa shape index (κ3) is 5.06. The molecule has 2 heterocycles. The highest BCUT2D eigenvalue weighted by atomic mass is 32.2. The Bertz CT molecular complexity index is 934. The van der Waals surface area contributed by atoms with Crippen LogP contribution in [0, 0.1) is 6.92 Å². The molecule has 1 atom stereocenters. The normalized spacial score (nSPS) is 16.7. The van der Waals surface area contributed by atoms with Gasteiger partial charge in [-0.1, -0.05) is 18.6 Å². The van der Waals surface area contributed by atoms with Crippen molar-refractivity contribution >= 4 is 27.3 Å². The van der Waals surface area contributed by atoms with Gasteiger partial charge in [0.1, 0.15) is 0 Å². The van der Waals surface area contributed by atoms with Crippen molar-refractivity contribution < 1.29 is 13.2 Å². The maximum absolute atomic E-state index is 13.1. The summed E-state index contributed by atoms with van der Waals surface area (Å²) >= 11 is 1.65. The topological polar surface area (TPSA) is 69.7 Å². The molecule has 1 N–H and O–H groups in total. The van der Waals surface area contributed by atoms with Crippen molar-refractivity contribution in [3.05, 3.63) is 51.7 Å². The molecule has 158 valence electrons. The summed E-state index contributed by atoms with van der Waals surface area (Å²) in [6.07, 6.45) is 2.82. The third-order valence-electron chi connectivity index (χ3n) is 5.33. The van der Waals surface area contributed by atoms with Crippen LogP contribution in [-0.4, -0.2) is 57.3 Å². The second-order valence-electron chi connectivity index (χ2n) is 7.65. The molecule has 0 aliphatic carbocycles. The fourth-order valence-electron chi connectivity index (χ4n) is 3.57. The maximum Gasteiger partial charge on any atom is 0.251 e. The number of aryl methyl sites for hydroxylation is 1. The molecular weight excluding hydrogens is 406 g/mol. The summed E-state index contributed by atoms with van der Waals surface area (Å²) in [5, 5.41) is 4.98. The standard InChI is InChI=1S/C21H29N3O3S2/c1-16-9-10-17(14-20(16)29(26,27)24-11-5-4-6-12-24)21(25)22-15-18(23(2)3)19-8-7-13-28-19/h7-10,13-14,18H,4-6,11-12,15H2,1-3H3,(H,22,25). The lowest BCUT2D eigenvalue weighted by molar-refractivity contribution is 0.0942. The Balaban J connectivity index is 1.77. The van der Waals surface area contributed by atoms with Crippen LogP contribution in [0.5, 0.6) is 0 Å². The monoisotopic (exact) mass is 435 g/mol. The predicted molar refractivity (Wildman–Crippen MR) is 117 cm³/mol. The number of rotatable bonds is 7. The number of piperidine rings is 1. The lowest BCUT2D eigenvalue weighted by atomic mass is 10.1. The van der Waals surface area contributed by atoms with Crippen molar-refractivity contribution in [3.63, 3.8) is 0 Å². The molecule has 8 heteroatoms. The molecule has 0 spiro atoms. The highest BCUT2D eigenvalue weighted by Crippen LogP contribution is 2.25. The molecule has 1 aliphatic rings. The number of thiophene rings is 1. The molecule has 3 rings (SSSR count). The van der Waals surface area contributed by atoms with Crippen LogP contribution in [0.4, 0.5) is 0 Å². The fraction of sp³-hybridized carbons (Fsp3) is 0.476. The van der Waals surface area contributed by atoms with Gasteiger partial charge < -0.3 is 10.2 Å². The number of carbonyl (C=O) groups excluding carboxylic acids is 1. The van der Waals surface area contributed by atoms with Crippen molar-refractivity contribution in [1.29, 1.82) is 0 Å². The molecule has 0 saturated carbocycles. The van der Waals surface area contributed by atoms with Gasteiger partial charge in [-0.25, -0.2) is 8.42 Å². The number of nitrogens with one attached hydrogen (secondary N) is 1. The van der Waals surface area contributed by atoms with E-state index in [0.717, 1.165) is 19.3 Å². The smallest absolute Gasteiger partial charge is 0.251 e. The van der Waals surface area contributed by atoms with Crippen molar-refractivity contribution in [1.82, 2.24) is 14.5 Å². The zero-order valence-electron chi connectivity index (χ0n) is 17.2. The average molecular weight is 436 g/mol. The molecule has 0 bridgehead atoms. The molecule has 1 aliphatic heterocycles. The number of carbonyl (C=O) groups is 1. The van der Waals surface area contributed by atoms with Gasteiger partial charge in [0.25, 0.3) is 5.91 Å². The van der Waals surface area contributed by atoms with Crippen LogP contribution in [0.2, 0.25) is 0 Å². The van der Waals surface area contributed by atoms with Gasteiger partial charge in [-0.15, -0.1) is 11.3 Å². The van der Waals surface area contributed by atoms with E-state index in [-0.39, 0.29) is 16.8 Å². The van der Waals surface area contributed by atoms with E-state index < -0.39 is 10.0 Å². The van der Waals surface area contributed by atoms with Crippen LogP contribution in [0.1, 0.15) is 46.1 Å². The van der Waals surface area contributed by atoms with Crippen molar-refractivity contribution in [2.45, 2.75) is 37.1 Å². The molecule has 0 radical (unpaired) electrons. The zero-order valence-corrected chi connectivity index (χ0v) is 18.9. The Hall–Kier alpha value is -1.74. The molecule has 1 unspecified atom stereocenters. The molecule has 1 saturated heterocycles. The quantitative estimate of drug-likeness (QED) is 0.725. The number of nitrogens with zero attached hydrogens (tertiary/aromatic N) is 2. The maximum atomic E-state index is 13.1. The van der Waals surface area contributed by atoms with Gasteiger partial charge in [0.2, 0.25) is 10.0 Å². The minimum atomic E-state index is -3.58. The van der Waals surface area contributed by atoms with E-state index >= 15 is 0 Å². The van der Waals surface area contributed by atoms with Crippen LogP contribution in [0.25, 0.3) is 0 Å². The summed E-state index contributed by atoms with van der Waals surface area (Å²) < 4.78 is 27.7. The van der Waals surface area contributed by atoms with Crippen LogP contribution >= 0.6 is 11.3 Å². The Morgan fingerprint density at radius 1 is 1.21 bits per heavy atom. The lowest BCUT2D eigenvalue weighted by Crippen LogP contribution is -2.36. The summed E-state index contributed by atoms with van der Waals surface area (Å²) in [4.78, 5) is 16.2. The van der Waals surface area contributed by atoms with Crippen molar-refractivity contribution in [2.75, 3.05) is 33.7 Å². The Kier molecular flexibility index (Phi) is 7.10. The average Bonchev–Trinajstić information content (AvgIpc) is 3.23.